The minimum Gasteiger partial charge on any atom is -0.478 e. The van der Waals surface area contributed by atoms with Gasteiger partial charge in [-0.15, -0.1) is 0 Å². The summed E-state index contributed by atoms with van der Waals surface area (Å²) in [4.78, 5) is 10.8. The van der Waals surface area contributed by atoms with Crippen LogP contribution in [0, 0.1) is 0 Å². The summed E-state index contributed by atoms with van der Waals surface area (Å²) in [6, 6.07) is 0. The summed E-state index contributed by atoms with van der Waals surface area (Å²) in [6.07, 6.45) is 17.9. The van der Waals surface area contributed by atoms with E-state index in [1.165, 1.54) is 0 Å². The van der Waals surface area contributed by atoms with E-state index < -0.39 is 5.97 Å². The third-order valence-corrected chi connectivity index (χ3v) is 1.96. The van der Waals surface area contributed by atoms with Crippen molar-refractivity contribution >= 4 is 5.97 Å². The van der Waals surface area contributed by atoms with E-state index in [2.05, 4.69) is 0 Å². The van der Waals surface area contributed by atoms with Gasteiger partial charge in [0.25, 0.3) is 0 Å². The van der Waals surface area contributed by atoms with Gasteiger partial charge in [-0.3, -0.25) is 0 Å². The van der Waals surface area contributed by atoms with Gasteiger partial charge in [-0.1, -0.05) is 54.2 Å². The van der Waals surface area contributed by atoms with Crippen molar-refractivity contribution in [1.29, 1.82) is 0 Å². The Morgan fingerprint density at radius 3 is 2.25 bits per heavy atom. The van der Waals surface area contributed by atoms with Gasteiger partial charge in [-0.25, -0.2) is 4.79 Å². The molecule has 0 spiro atoms. The van der Waals surface area contributed by atoms with Gasteiger partial charge in [-0.2, -0.15) is 0 Å². The molecular weight excluding hydrogens is 200 g/mol. The van der Waals surface area contributed by atoms with Crippen molar-refractivity contribution in [2.75, 3.05) is 0 Å². The molecular formula is C14H14O2. The zero-order valence-corrected chi connectivity index (χ0v) is 9.13. The summed E-state index contributed by atoms with van der Waals surface area (Å²) < 4.78 is 0. The number of rotatable bonds is 1. The van der Waals surface area contributed by atoms with Gasteiger partial charge in [0.2, 0.25) is 0 Å². The van der Waals surface area contributed by atoms with Crippen LogP contribution in [0.3, 0.4) is 0 Å². The molecule has 1 aliphatic rings. The van der Waals surface area contributed by atoms with E-state index in [9.17, 15) is 4.79 Å². The molecule has 1 N–H and O–H groups in total. The Hall–Kier alpha value is -2.09. The molecule has 0 aromatic heterocycles. The average molecular weight is 214 g/mol. The van der Waals surface area contributed by atoms with Crippen molar-refractivity contribution in [1.82, 2.24) is 0 Å². The van der Waals surface area contributed by atoms with E-state index in [0.717, 1.165) is 5.57 Å². The van der Waals surface area contributed by atoms with E-state index in [-0.39, 0.29) is 5.57 Å². The van der Waals surface area contributed by atoms with Gasteiger partial charge in [0.15, 0.2) is 0 Å². The largest absolute Gasteiger partial charge is 0.478 e. The molecule has 16 heavy (non-hydrogen) atoms. The Labute approximate surface area is 95.3 Å². The standard InChI is InChI=1S/C14H14O2/c1-12-8-4-2-3-5-10-13(14(15)16)11-7-6-9-12/h2-11H,1H3,(H,15,16). The quantitative estimate of drug-likeness (QED) is 0.727. The second kappa shape index (κ2) is 6.40. The lowest BCUT2D eigenvalue weighted by Crippen LogP contribution is -1.96. The predicted molar refractivity (Wildman–Crippen MR) is 66.0 cm³/mol. The molecule has 0 heterocycles. The Balaban J connectivity index is 3.00. The fraction of sp³-hybridized carbons (Fsp3) is 0.0714. The van der Waals surface area contributed by atoms with Gasteiger partial charge in [0.05, 0.1) is 5.57 Å². The highest BCUT2D eigenvalue weighted by molar-refractivity contribution is 5.90. The van der Waals surface area contributed by atoms with Crippen molar-refractivity contribution in [2.24, 2.45) is 0 Å². The number of carbonyl (C=O) groups is 1. The molecule has 0 atom stereocenters. The highest BCUT2D eigenvalue weighted by atomic mass is 16.4. The number of carboxylic acid groups (broad SMARTS) is 1. The number of allylic oxidation sites excluding steroid dienone is 10. The molecule has 1 rings (SSSR count). The average Bonchev–Trinajstić information content (AvgIpc) is 2.22. The van der Waals surface area contributed by atoms with Crippen LogP contribution in [-0.4, -0.2) is 11.1 Å². The van der Waals surface area contributed by atoms with Crippen molar-refractivity contribution in [3.8, 4) is 0 Å². The number of hydrogen-bond donors (Lipinski definition) is 1. The maximum absolute atomic E-state index is 10.8. The van der Waals surface area contributed by atoms with Crippen molar-refractivity contribution < 1.29 is 9.90 Å². The second-order valence-electron chi connectivity index (χ2n) is 3.33. The summed E-state index contributed by atoms with van der Waals surface area (Å²) in [5.41, 5.74) is 1.37. The van der Waals surface area contributed by atoms with Gasteiger partial charge in [-0.05, 0) is 19.1 Å². The topological polar surface area (TPSA) is 37.3 Å². The van der Waals surface area contributed by atoms with Crippen LogP contribution in [0.1, 0.15) is 6.92 Å². The van der Waals surface area contributed by atoms with Gasteiger partial charge in [0, 0.05) is 0 Å². The summed E-state index contributed by atoms with van der Waals surface area (Å²) in [6.45, 7) is 1.98. The van der Waals surface area contributed by atoms with E-state index >= 15 is 0 Å². The molecule has 0 aromatic rings. The normalized spacial score (nSPS) is 16.1. The molecule has 0 aliphatic heterocycles. The maximum Gasteiger partial charge on any atom is 0.335 e. The fourth-order valence-electron chi connectivity index (χ4n) is 1.12. The highest BCUT2D eigenvalue weighted by Crippen LogP contribution is 2.01. The smallest absolute Gasteiger partial charge is 0.335 e. The molecule has 0 unspecified atom stereocenters. The van der Waals surface area contributed by atoms with Crippen molar-refractivity contribution in [3.05, 3.63) is 71.9 Å². The minimum atomic E-state index is -0.928. The molecule has 0 amide bonds. The van der Waals surface area contributed by atoms with Crippen LogP contribution in [0.2, 0.25) is 0 Å². The van der Waals surface area contributed by atoms with Crippen LogP contribution in [0.5, 0.6) is 0 Å². The lowest BCUT2D eigenvalue weighted by atomic mass is 10.2. The van der Waals surface area contributed by atoms with Crippen LogP contribution < -0.4 is 0 Å². The monoisotopic (exact) mass is 214 g/mol. The lowest BCUT2D eigenvalue weighted by Gasteiger charge is -1.92. The molecule has 0 radical (unpaired) electrons. The molecule has 82 valence electrons. The molecule has 0 saturated heterocycles. The van der Waals surface area contributed by atoms with Crippen molar-refractivity contribution in [3.63, 3.8) is 0 Å². The summed E-state index contributed by atoms with van der Waals surface area (Å²) in [5.74, 6) is -0.928. The van der Waals surface area contributed by atoms with Gasteiger partial charge < -0.3 is 5.11 Å². The van der Waals surface area contributed by atoms with E-state index in [4.69, 9.17) is 5.11 Å². The zero-order valence-electron chi connectivity index (χ0n) is 9.13. The van der Waals surface area contributed by atoms with Crippen molar-refractivity contribution in [2.45, 2.75) is 6.92 Å². The highest BCUT2D eigenvalue weighted by Gasteiger charge is 1.99. The fourth-order valence-corrected chi connectivity index (χ4v) is 1.12. The number of carboxylic acids is 1. The SMILES string of the molecule is CC1=CC=CC=C(C(=O)O)C=CC=CC=C1. The first kappa shape index (κ1) is 12.0. The summed E-state index contributed by atoms with van der Waals surface area (Å²) in [5, 5.41) is 8.89. The Morgan fingerprint density at radius 2 is 1.56 bits per heavy atom. The van der Waals surface area contributed by atoms with Crippen LogP contribution in [-0.2, 0) is 4.79 Å². The second-order valence-corrected chi connectivity index (χ2v) is 3.33. The Bertz CT molecular complexity index is 430. The maximum atomic E-state index is 10.8. The predicted octanol–water partition coefficient (Wildman–Crippen LogP) is 3.18. The molecule has 0 fully saturated rings. The van der Waals surface area contributed by atoms with E-state index in [1.807, 2.05) is 37.3 Å². The lowest BCUT2D eigenvalue weighted by molar-refractivity contribution is -0.132. The molecule has 0 bridgehead atoms. The Morgan fingerprint density at radius 1 is 0.938 bits per heavy atom. The van der Waals surface area contributed by atoms with Crippen LogP contribution in [0.15, 0.2) is 71.9 Å². The molecule has 2 heteroatoms. The number of aliphatic carboxylic acids is 1. The summed E-state index contributed by atoms with van der Waals surface area (Å²) >= 11 is 0. The first-order valence-electron chi connectivity index (χ1n) is 5.00. The minimum absolute atomic E-state index is 0.261. The first-order valence-corrected chi connectivity index (χ1v) is 5.00. The number of hydrogen-bond acceptors (Lipinski definition) is 1. The van der Waals surface area contributed by atoms with E-state index in [1.54, 1.807) is 30.4 Å². The third kappa shape index (κ3) is 4.42. The van der Waals surface area contributed by atoms with Gasteiger partial charge >= 0.3 is 5.97 Å². The first-order chi connectivity index (χ1) is 7.70. The summed E-state index contributed by atoms with van der Waals surface area (Å²) in [7, 11) is 0. The van der Waals surface area contributed by atoms with Crippen LogP contribution >= 0.6 is 0 Å². The van der Waals surface area contributed by atoms with E-state index in [0.29, 0.717) is 0 Å². The Kier molecular flexibility index (Phi) is 4.80. The van der Waals surface area contributed by atoms with Crippen LogP contribution in [0.25, 0.3) is 0 Å². The van der Waals surface area contributed by atoms with Crippen LogP contribution in [0.4, 0.5) is 0 Å². The third-order valence-electron chi connectivity index (χ3n) is 1.96. The van der Waals surface area contributed by atoms with Gasteiger partial charge in [0.1, 0.15) is 0 Å². The molecule has 2 nitrogen and oxygen atoms in total. The zero-order chi connectivity index (χ0) is 11.8. The molecule has 0 saturated carbocycles. The molecule has 1 aliphatic carbocycles. The molecule has 0 aromatic carbocycles.